The maximum absolute atomic E-state index is 6.21. The van der Waals surface area contributed by atoms with E-state index in [9.17, 15) is 0 Å². The number of H-pyrrole nitrogens is 1. The van der Waals surface area contributed by atoms with Crippen molar-refractivity contribution in [1.29, 1.82) is 0 Å². The molecule has 0 aromatic carbocycles. The van der Waals surface area contributed by atoms with Gasteiger partial charge in [-0.25, -0.2) is 9.97 Å². The quantitative estimate of drug-likeness (QED) is 0.809. The summed E-state index contributed by atoms with van der Waals surface area (Å²) in [5.41, 5.74) is 7.58. The first-order chi connectivity index (χ1) is 8.05. The van der Waals surface area contributed by atoms with Crippen molar-refractivity contribution in [1.82, 2.24) is 20.2 Å². The number of nitrogens with zero attached hydrogens (tertiary/aromatic N) is 3. The summed E-state index contributed by atoms with van der Waals surface area (Å²) < 4.78 is 0. The zero-order valence-electron chi connectivity index (χ0n) is 9.90. The van der Waals surface area contributed by atoms with Crippen LogP contribution in [0, 0.1) is 5.41 Å². The van der Waals surface area contributed by atoms with Gasteiger partial charge in [0.25, 0.3) is 0 Å². The Morgan fingerprint density at radius 1 is 1.53 bits per heavy atom. The zero-order valence-corrected chi connectivity index (χ0v) is 10.7. The van der Waals surface area contributed by atoms with Gasteiger partial charge in [0.2, 0.25) is 0 Å². The second-order valence-electron chi connectivity index (χ2n) is 5.32. The lowest BCUT2D eigenvalue weighted by molar-refractivity contribution is 0.282. The summed E-state index contributed by atoms with van der Waals surface area (Å²) in [6.07, 6.45) is 3.50. The van der Waals surface area contributed by atoms with Crippen molar-refractivity contribution in [3.63, 3.8) is 0 Å². The molecule has 5 nitrogen and oxygen atoms in total. The largest absolute Gasteiger partial charge is 0.323 e. The van der Waals surface area contributed by atoms with Gasteiger partial charge in [-0.3, -0.25) is 5.10 Å². The van der Waals surface area contributed by atoms with Gasteiger partial charge < -0.3 is 5.73 Å². The fraction of sp³-hybridized carbons (Fsp3) is 0.545. The molecule has 1 aliphatic carbocycles. The number of hydrogen-bond acceptors (Lipinski definition) is 5. The van der Waals surface area contributed by atoms with Crippen molar-refractivity contribution in [3.8, 4) is 10.8 Å². The fourth-order valence-corrected chi connectivity index (χ4v) is 3.43. The number of aromatic amines is 1. The second kappa shape index (κ2) is 3.61. The Labute approximate surface area is 103 Å². The minimum Gasteiger partial charge on any atom is -0.323 e. The smallest absolute Gasteiger partial charge is 0.184 e. The van der Waals surface area contributed by atoms with Gasteiger partial charge >= 0.3 is 0 Å². The molecule has 1 unspecified atom stereocenters. The number of fused-ring (bicyclic) bond motifs is 1. The molecule has 0 saturated heterocycles. The summed E-state index contributed by atoms with van der Waals surface area (Å²) in [5, 5.41) is 7.59. The molecule has 1 aliphatic rings. The van der Waals surface area contributed by atoms with Crippen LogP contribution in [0.4, 0.5) is 0 Å². The van der Waals surface area contributed by atoms with E-state index in [4.69, 9.17) is 5.73 Å². The van der Waals surface area contributed by atoms with E-state index < -0.39 is 0 Å². The molecule has 2 heterocycles. The predicted molar refractivity (Wildman–Crippen MR) is 66.5 cm³/mol. The van der Waals surface area contributed by atoms with Gasteiger partial charge in [0.05, 0.1) is 5.69 Å². The lowest BCUT2D eigenvalue weighted by atomic mass is 9.77. The van der Waals surface area contributed by atoms with Crippen LogP contribution in [0.1, 0.15) is 36.9 Å². The average Bonchev–Trinajstić information content (AvgIpc) is 2.81. The van der Waals surface area contributed by atoms with E-state index in [-0.39, 0.29) is 11.5 Å². The van der Waals surface area contributed by atoms with Crippen LogP contribution >= 0.6 is 11.3 Å². The Bertz CT molecular complexity index is 528. The van der Waals surface area contributed by atoms with Crippen LogP contribution < -0.4 is 5.73 Å². The molecule has 0 fully saturated rings. The van der Waals surface area contributed by atoms with Crippen LogP contribution in [0.2, 0.25) is 0 Å². The SMILES string of the molecule is CC1(C)Cc2nc(-c3ncn[nH]3)sc2C(N)C1. The number of thiazole rings is 1. The molecule has 3 N–H and O–H groups in total. The first-order valence-electron chi connectivity index (χ1n) is 5.66. The summed E-state index contributed by atoms with van der Waals surface area (Å²) in [6, 6.07) is 0.0999. The Morgan fingerprint density at radius 3 is 3.06 bits per heavy atom. The molecule has 2 aromatic rings. The fourth-order valence-electron chi connectivity index (χ4n) is 2.40. The molecule has 0 saturated carbocycles. The van der Waals surface area contributed by atoms with Crippen molar-refractivity contribution in [2.45, 2.75) is 32.7 Å². The van der Waals surface area contributed by atoms with Crippen molar-refractivity contribution in [2.75, 3.05) is 0 Å². The molecule has 3 rings (SSSR count). The third-order valence-corrected chi connectivity index (χ3v) is 4.34. The molecule has 0 radical (unpaired) electrons. The van der Waals surface area contributed by atoms with Crippen molar-refractivity contribution in [2.24, 2.45) is 11.1 Å². The van der Waals surface area contributed by atoms with Gasteiger partial charge in [0.1, 0.15) is 6.33 Å². The molecule has 0 bridgehead atoms. The van der Waals surface area contributed by atoms with E-state index in [0.717, 1.165) is 29.4 Å². The monoisotopic (exact) mass is 249 g/mol. The van der Waals surface area contributed by atoms with E-state index in [0.29, 0.717) is 0 Å². The minimum absolute atomic E-state index is 0.0999. The lowest BCUT2D eigenvalue weighted by Gasteiger charge is -2.32. The highest BCUT2D eigenvalue weighted by atomic mass is 32.1. The van der Waals surface area contributed by atoms with E-state index in [2.05, 4.69) is 34.0 Å². The third-order valence-electron chi connectivity index (χ3n) is 3.10. The van der Waals surface area contributed by atoms with Crippen molar-refractivity contribution >= 4 is 11.3 Å². The molecule has 2 aromatic heterocycles. The summed E-state index contributed by atoms with van der Waals surface area (Å²) in [7, 11) is 0. The standard InChI is InChI=1S/C11H15N5S/c1-11(2)3-6(12)8-7(4-11)15-10(17-8)9-13-5-14-16-9/h5-6H,3-4,12H2,1-2H3,(H,13,14,16). The molecule has 17 heavy (non-hydrogen) atoms. The molecule has 0 aliphatic heterocycles. The summed E-state index contributed by atoms with van der Waals surface area (Å²) in [5.74, 6) is 0.731. The van der Waals surface area contributed by atoms with E-state index in [1.54, 1.807) is 11.3 Å². The van der Waals surface area contributed by atoms with E-state index in [1.807, 2.05) is 0 Å². The molecular weight excluding hydrogens is 234 g/mol. The number of rotatable bonds is 1. The number of nitrogens with two attached hydrogens (primary N) is 1. The van der Waals surface area contributed by atoms with Gasteiger partial charge in [-0.05, 0) is 18.3 Å². The molecule has 90 valence electrons. The number of aromatic nitrogens is 4. The van der Waals surface area contributed by atoms with Crippen LogP contribution in [-0.4, -0.2) is 20.2 Å². The van der Waals surface area contributed by atoms with E-state index >= 15 is 0 Å². The average molecular weight is 249 g/mol. The predicted octanol–water partition coefficient (Wildman–Crippen LogP) is 1.90. The lowest BCUT2D eigenvalue weighted by Crippen LogP contribution is -2.28. The van der Waals surface area contributed by atoms with Crippen LogP contribution in [0.5, 0.6) is 0 Å². The molecule has 6 heteroatoms. The molecule has 1 atom stereocenters. The van der Waals surface area contributed by atoms with Crippen LogP contribution in [-0.2, 0) is 6.42 Å². The Morgan fingerprint density at radius 2 is 2.35 bits per heavy atom. The normalized spacial score (nSPS) is 22.4. The first-order valence-corrected chi connectivity index (χ1v) is 6.48. The van der Waals surface area contributed by atoms with Gasteiger partial charge in [0.15, 0.2) is 10.8 Å². The Hall–Kier alpha value is -1.27. The highest BCUT2D eigenvalue weighted by Crippen LogP contribution is 2.43. The maximum atomic E-state index is 6.21. The van der Waals surface area contributed by atoms with Gasteiger partial charge in [-0.2, -0.15) is 5.10 Å². The van der Waals surface area contributed by atoms with E-state index in [1.165, 1.54) is 11.2 Å². The van der Waals surface area contributed by atoms with Crippen LogP contribution in [0.3, 0.4) is 0 Å². The third kappa shape index (κ3) is 1.87. The molecular formula is C11H15N5S. The summed E-state index contributed by atoms with van der Waals surface area (Å²) >= 11 is 1.63. The van der Waals surface area contributed by atoms with Crippen LogP contribution in [0.15, 0.2) is 6.33 Å². The van der Waals surface area contributed by atoms with Gasteiger partial charge in [-0.1, -0.05) is 13.8 Å². The minimum atomic E-state index is 0.0999. The molecule has 0 spiro atoms. The van der Waals surface area contributed by atoms with Gasteiger partial charge in [-0.15, -0.1) is 11.3 Å². The summed E-state index contributed by atoms with van der Waals surface area (Å²) in [4.78, 5) is 9.98. The number of hydrogen-bond donors (Lipinski definition) is 2. The topological polar surface area (TPSA) is 80.5 Å². The molecule has 0 amide bonds. The van der Waals surface area contributed by atoms with Crippen molar-refractivity contribution < 1.29 is 0 Å². The van der Waals surface area contributed by atoms with Gasteiger partial charge in [0, 0.05) is 10.9 Å². The Kier molecular flexibility index (Phi) is 2.31. The van der Waals surface area contributed by atoms with Crippen molar-refractivity contribution in [3.05, 3.63) is 16.9 Å². The van der Waals surface area contributed by atoms with Crippen LogP contribution in [0.25, 0.3) is 10.8 Å². The second-order valence-corrected chi connectivity index (χ2v) is 6.35. The summed E-state index contributed by atoms with van der Waals surface area (Å²) in [6.45, 7) is 4.48. The highest BCUT2D eigenvalue weighted by Gasteiger charge is 2.33. The highest BCUT2D eigenvalue weighted by molar-refractivity contribution is 7.15. The zero-order chi connectivity index (χ0) is 12.0. The number of nitrogens with one attached hydrogen (secondary N) is 1. The Balaban J connectivity index is 2.04. The first kappa shape index (κ1) is 10.9. The maximum Gasteiger partial charge on any atom is 0.184 e.